The molecule has 0 unspecified atom stereocenters. The van der Waals surface area contributed by atoms with Crippen LogP contribution < -0.4 is 5.73 Å². The zero-order valence-electron chi connectivity index (χ0n) is 14.9. The third-order valence-corrected chi connectivity index (χ3v) is 5.11. The van der Waals surface area contributed by atoms with E-state index in [1.54, 1.807) is 30.1 Å². The van der Waals surface area contributed by atoms with Crippen molar-refractivity contribution in [3.8, 4) is 28.0 Å². The molecule has 3 N–H and O–H groups in total. The number of nitrogens with zero attached hydrogens (tertiary/aromatic N) is 1. The number of amides is 1. The van der Waals surface area contributed by atoms with E-state index in [2.05, 4.69) is 0 Å². The Morgan fingerprint density at radius 3 is 2.11 bits per heavy atom. The molecule has 0 aliphatic rings. The van der Waals surface area contributed by atoms with E-state index >= 15 is 0 Å². The molecule has 0 aromatic heterocycles. The normalized spacial score (nSPS) is 11.0. The minimum absolute atomic E-state index is 0.0872. The van der Waals surface area contributed by atoms with Crippen LogP contribution in [0.3, 0.4) is 0 Å². The summed E-state index contributed by atoms with van der Waals surface area (Å²) in [6.45, 7) is 0. The zero-order valence-corrected chi connectivity index (χ0v) is 16.5. The smallest absolute Gasteiger partial charge is 0.252 e. The van der Waals surface area contributed by atoms with Gasteiger partial charge in [-0.2, -0.15) is 0 Å². The number of hydrogen-bond donors (Lipinski definition) is 2. The Kier molecular flexibility index (Phi) is 5.75. The Labute approximate surface area is 167 Å². The summed E-state index contributed by atoms with van der Waals surface area (Å²) in [5, 5.41) is 11.2. The van der Waals surface area contributed by atoms with E-state index in [0.717, 1.165) is 21.6 Å². The molecule has 0 saturated heterocycles. The third kappa shape index (κ3) is 4.45. The summed E-state index contributed by atoms with van der Waals surface area (Å²) in [6, 6.07) is 18.5. The van der Waals surface area contributed by atoms with Gasteiger partial charge in [-0.3, -0.25) is 9.10 Å². The van der Waals surface area contributed by atoms with Crippen LogP contribution in [0.4, 0.5) is 0 Å². The summed E-state index contributed by atoms with van der Waals surface area (Å²) in [7, 11) is 3.94. The second-order valence-electron chi connectivity index (χ2n) is 6.22. The molecule has 4 nitrogen and oxygen atoms in total. The van der Waals surface area contributed by atoms with Gasteiger partial charge in [-0.05, 0) is 79.1 Å². The number of primary amides is 1. The summed E-state index contributed by atoms with van der Waals surface area (Å²) in [5.41, 5.74) is 8.58. The maximum atomic E-state index is 11.9. The molecule has 3 aromatic carbocycles. The summed E-state index contributed by atoms with van der Waals surface area (Å²) in [5.74, 6) is -0.794. The second-order valence-corrected chi connectivity index (χ2v) is 8.04. The fourth-order valence-corrected chi connectivity index (χ4v) is 3.56. The van der Waals surface area contributed by atoms with E-state index in [-0.39, 0.29) is 11.3 Å². The molecular formula is C21H19ClN2O2S. The number of rotatable bonds is 5. The van der Waals surface area contributed by atoms with Crippen LogP contribution in [-0.2, 0) is 0 Å². The van der Waals surface area contributed by atoms with Crippen LogP contribution in [0, 0.1) is 0 Å². The van der Waals surface area contributed by atoms with Gasteiger partial charge in [-0.1, -0.05) is 35.9 Å². The van der Waals surface area contributed by atoms with Crippen LogP contribution in [-0.4, -0.2) is 29.4 Å². The van der Waals surface area contributed by atoms with Crippen molar-refractivity contribution in [1.82, 2.24) is 4.31 Å². The number of aromatic hydroxyl groups is 1. The maximum Gasteiger partial charge on any atom is 0.252 e. The highest BCUT2D eigenvalue weighted by molar-refractivity contribution is 7.97. The molecule has 3 aromatic rings. The van der Waals surface area contributed by atoms with Gasteiger partial charge in [0, 0.05) is 15.5 Å². The molecule has 0 saturated carbocycles. The fourth-order valence-electron chi connectivity index (χ4n) is 2.76. The SMILES string of the molecule is CN(C)Sc1ccc(-c2cc(-c3ccc(Cl)cc3)cc(C(N)=O)c2O)cc1. The van der Waals surface area contributed by atoms with Crippen molar-refractivity contribution in [3.05, 3.63) is 71.2 Å². The van der Waals surface area contributed by atoms with Gasteiger partial charge in [0.1, 0.15) is 5.75 Å². The van der Waals surface area contributed by atoms with Gasteiger partial charge in [0.05, 0.1) is 5.56 Å². The highest BCUT2D eigenvalue weighted by Gasteiger charge is 2.16. The molecule has 27 heavy (non-hydrogen) atoms. The first-order valence-electron chi connectivity index (χ1n) is 8.23. The van der Waals surface area contributed by atoms with Crippen molar-refractivity contribution in [3.63, 3.8) is 0 Å². The molecule has 138 valence electrons. The Balaban J connectivity index is 2.11. The molecule has 0 heterocycles. The molecule has 0 aliphatic carbocycles. The Morgan fingerprint density at radius 1 is 0.963 bits per heavy atom. The molecule has 0 bridgehead atoms. The van der Waals surface area contributed by atoms with E-state index < -0.39 is 5.91 Å². The highest BCUT2D eigenvalue weighted by Crippen LogP contribution is 2.37. The van der Waals surface area contributed by atoms with Crippen molar-refractivity contribution < 1.29 is 9.90 Å². The second kappa shape index (κ2) is 8.05. The number of halogens is 1. The van der Waals surface area contributed by atoms with Gasteiger partial charge in [-0.25, -0.2) is 0 Å². The first-order valence-corrected chi connectivity index (χ1v) is 9.39. The van der Waals surface area contributed by atoms with E-state index in [1.165, 1.54) is 0 Å². The Hall–Kier alpha value is -2.47. The first kappa shape index (κ1) is 19.3. The maximum absolute atomic E-state index is 11.9. The number of nitrogens with two attached hydrogens (primary N) is 1. The average molecular weight is 399 g/mol. The molecule has 0 fully saturated rings. The summed E-state index contributed by atoms with van der Waals surface area (Å²) in [6.07, 6.45) is 0. The van der Waals surface area contributed by atoms with Crippen LogP contribution in [0.15, 0.2) is 65.6 Å². The lowest BCUT2D eigenvalue weighted by Gasteiger charge is -2.13. The van der Waals surface area contributed by atoms with Crippen LogP contribution in [0.2, 0.25) is 5.02 Å². The Bertz CT molecular complexity index is 971. The lowest BCUT2D eigenvalue weighted by Crippen LogP contribution is -2.11. The van der Waals surface area contributed by atoms with Crippen molar-refractivity contribution >= 4 is 29.5 Å². The van der Waals surface area contributed by atoms with Gasteiger partial charge in [0.15, 0.2) is 0 Å². The van der Waals surface area contributed by atoms with Crippen LogP contribution in [0.25, 0.3) is 22.3 Å². The van der Waals surface area contributed by atoms with E-state index in [4.69, 9.17) is 17.3 Å². The fraction of sp³-hybridized carbons (Fsp3) is 0.0952. The summed E-state index contributed by atoms with van der Waals surface area (Å²) >= 11 is 7.56. The molecule has 1 amide bonds. The summed E-state index contributed by atoms with van der Waals surface area (Å²) in [4.78, 5) is 12.9. The molecular weight excluding hydrogens is 380 g/mol. The largest absolute Gasteiger partial charge is 0.506 e. The van der Waals surface area contributed by atoms with Gasteiger partial charge >= 0.3 is 0 Å². The first-order chi connectivity index (χ1) is 12.8. The highest BCUT2D eigenvalue weighted by atomic mass is 35.5. The molecule has 0 aliphatic heterocycles. The van der Waals surface area contributed by atoms with Crippen LogP contribution >= 0.6 is 23.5 Å². The monoisotopic (exact) mass is 398 g/mol. The van der Waals surface area contributed by atoms with Crippen molar-refractivity contribution in [1.29, 1.82) is 0 Å². The van der Waals surface area contributed by atoms with Crippen LogP contribution in [0.1, 0.15) is 10.4 Å². The molecule has 0 radical (unpaired) electrons. The molecule has 6 heteroatoms. The van der Waals surface area contributed by atoms with E-state index in [0.29, 0.717) is 10.6 Å². The lowest BCUT2D eigenvalue weighted by atomic mass is 9.94. The van der Waals surface area contributed by atoms with Crippen LogP contribution in [0.5, 0.6) is 5.75 Å². The van der Waals surface area contributed by atoms with E-state index in [1.807, 2.05) is 60.9 Å². The summed E-state index contributed by atoms with van der Waals surface area (Å²) < 4.78 is 2.00. The standard InChI is InChI=1S/C21H19ClN2O2S/c1-24(2)27-17-9-5-14(6-10-17)18-11-15(12-19(20(18)25)21(23)26)13-3-7-16(22)8-4-13/h3-12,25H,1-2H3,(H2,23,26). The van der Waals surface area contributed by atoms with Gasteiger partial charge in [0.25, 0.3) is 5.91 Å². The number of phenols is 1. The van der Waals surface area contributed by atoms with Crippen molar-refractivity contribution in [2.45, 2.75) is 4.90 Å². The van der Waals surface area contributed by atoms with Gasteiger partial charge in [0.2, 0.25) is 0 Å². The number of benzene rings is 3. The van der Waals surface area contributed by atoms with Gasteiger partial charge in [-0.15, -0.1) is 0 Å². The molecule has 0 atom stereocenters. The predicted molar refractivity (Wildman–Crippen MR) is 112 cm³/mol. The van der Waals surface area contributed by atoms with Gasteiger partial charge < -0.3 is 10.8 Å². The van der Waals surface area contributed by atoms with E-state index in [9.17, 15) is 9.90 Å². The molecule has 3 rings (SSSR count). The Morgan fingerprint density at radius 2 is 1.56 bits per heavy atom. The zero-order chi connectivity index (χ0) is 19.6. The third-order valence-electron chi connectivity index (χ3n) is 4.01. The lowest BCUT2D eigenvalue weighted by molar-refractivity contribution is 0.0998. The van der Waals surface area contributed by atoms with Crippen molar-refractivity contribution in [2.24, 2.45) is 5.73 Å². The quantitative estimate of drug-likeness (QED) is 0.590. The minimum atomic E-state index is -0.677. The minimum Gasteiger partial charge on any atom is -0.506 e. The number of hydrogen-bond acceptors (Lipinski definition) is 4. The predicted octanol–water partition coefficient (Wildman–Crippen LogP) is 5.05. The number of carbonyl (C=O) groups excluding carboxylic acids is 1. The topological polar surface area (TPSA) is 66.6 Å². The molecule has 0 spiro atoms. The van der Waals surface area contributed by atoms with Crippen molar-refractivity contribution in [2.75, 3.05) is 14.1 Å². The number of carbonyl (C=O) groups is 1. The average Bonchev–Trinajstić information content (AvgIpc) is 2.63.